The molecule has 0 aromatic rings. The molecule has 0 saturated heterocycles. The first-order valence-electron chi connectivity index (χ1n) is 4.37. The van der Waals surface area contributed by atoms with Crippen LogP contribution in [0.25, 0.3) is 0 Å². The topological polar surface area (TPSA) is 0 Å². The number of rotatable bonds is 0. The van der Waals surface area contributed by atoms with E-state index in [0.29, 0.717) is 5.25 Å². The molecule has 1 aliphatic rings. The molecule has 0 N–H and O–H groups in total. The second-order valence-corrected chi connectivity index (χ2v) is 3.72. The Morgan fingerprint density at radius 2 is 1.55 bits per heavy atom. The van der Waals surface area contributed by atoms with Gasteiger partial charge in [-0.2, -0.15) is 12.6 Å². The van der Waals surface area contributed by atoms with E-state index in [1.54, 1.807) is 0 Å². The maximum absolute atomic E-state index is 4.48. The molecule has 62 valence electrons. The lowest BCUT2D eigenvalue weighted by molar-refractivity contribution is 0.777. The van der Waals surface area contributed by atoms with Gasteiger partial charge in [0.05, 0.1) is 0 Å². The summed E-state index contributed by atoms with van der Waals surface area (Å²) in [7, 11) is 0. The van der Waals surface area contributed by atoms with Crippen molar-refractivity contribution >= 4 is 12.6 Å². The second kappa shape index (κ2) is 5.48. The molecule has 0 aromatic carbocycles. The lowest BCUT2D eigenvalue weighted by atomic mass is 10.1. The summed E-state index contributed by atoms with van der Waals surface area (Å²) in [6, 6.07) is 0. The molecule has 0 heterocycles. The highest BCUT2D eigenvalue weighted by Crippen LogP contribution is 2.12. The molecule has 1 aliphatic carbocycles. The highest BCUT2D eigenvalue weighted by Gasteiger charge is 1.98. The Bertz CT molecular complexity index is 147. The van der Waals surface area contributed by atoms with Gasteiger partial charge in [0, 0.05) is 5.25 Å². The predicted molar refractivity (Wildman–Crippen MR) is 54.1 cm³/mol. The van der Waals surface area contributed by atoms with Crippen LogP contribution in [0.15, 0.2) is 24.3 Å². The Labute approximate surface area is 74.8 Å². The van der Waals surface area contributed by atoms with Crippen molar-refractivity contribution in [3.8, 4) is 0 Å². The van der Waals surface area contributed by atoms with Crippen molar-refractivity contribution in [1.82, 2.24) is 0 Å². The average Bonchev–Trinajstić information content (AvgIpc) is 2.03. The first-order chi connectivity index (χ1) is 5.39. The molecular weight excluding hydrogens is 152 g/mol. The molecule has 0 radical (unpaired) electrons. The fourth-order valence-corrected chi connectivity index (χ4v) is 1.48. The third-order valence-electron chi connectivity index (χ3n) is 1.91. The van der Waals surface area contributed by atoms with E-state index in [-0.39, 0.29) is 0 Å². The zero-order valence-corrected chi connectivity index (χ0v) is 7.76. The summed E-state index contributed by atoms with van der Waals surface area (Å²) in [4.78, 5) is 0. The van der Waals surface area contributed by atoms with Crippen LogP contribution in [-0.2, 0) is 0 Å². The van der Waals surface area contributed by atoms with Gasteiger partial charge in [-0.25, -0.2) is 0 Å². The summed E-state index contributed by atoms with van der Waals surface area (Å²) in [6.07, 6.45) is 15.0. The number of hydrogen-bond acceptors (Lipinski definition) is 1. The molecular formula is C10H16S. The van der Waals surface area contributed by atoms with E-state index < -0.39 is 0 Å². The zero-order valence-electron chi connectivity index (χ0n) is 6.87. The van der Waals surface area contributed by atoms with E-state index in [1.807, 2.05) is 0 Å². The standard InChI is InChI=1S/C10H16S/c11-10-8-6-4-2-1-3-5-7-9-10/h2,4-5,7,10-11H,1,3,6,8-9H2. The molecule has 0 bridgehead atoms. The molecule has 11 heavy (non-hydrogen) atoms. The highest BCUT2D eigenvalue weighted by molar-refractivity contribution is 7.80. The first kappa shape index (κ1) is 8.92. The van der Waals surface area contributed by atoms with E-state index in [2.05, 4.69) is 36.9 Å². The van der Waals surface area contributed by atoms with Gasteiger partial charge in [0.15, 0.2) is 0 Å². The van der Waals surface area contributed by atoms with Gasteiger partial charge in [-0.15, -0.1) is 0 Å². The molecule has 0 saturated carbocycles. The van der Waals surface area contributed by atoms with Gasteiger partial charge in [0.25, 0.3) is 0 Å². The van der Waals surface area contributed by atoms with Crippen LogP contribution < -0.4 is 0 Å². The Hall–Kier alpha value is -0.170. The van der Waals surface area contributed by atoms with E-state index in [1.165, 1.54) is 25.7 Å². The van der Waals surface area contributed by atoms with Crippen LogP contribution in [0.3, 0.4) is 0 Å². The molecule has 1 unspecified atom stereocenters. The number of thiol groups is 1. The van der Waals surface area contributed by atoms with Crippen LogP contribution in [-0.4, -0.2) is 5.25 Å². The van der Waals surface area contributed by atoms with Crippen molar-refractivity contribution in [2.24, 2.45) is 0 Å². The Morgan fingerprint density at radius 3 is 2.36 bits per heavy atom. The maximum atomic E-state index is 4.48. The molecule has 1 heteroatoms. The van der Waals surface area contributed by atoms with Gasteiger partial charge in [-0.05, 0) is 32.1 Å². The SMILES string of the molecule is SC1CC=CCCC=CCC1. The zero-order chi connectivity index (χ0) is 7.94. The molecule has 0 aliphatic heterocycles. The smallest absolute Gasteiger partial charge is 0.00542 e. The van der Waals surface area contributed by atoms with Crippen LogP contribution in [0, 0.1) is 0 Å². The fourth-order valence-electron chi connectivity index (χ4n) is 1.21. The minimum atomic E-state index is 0.564. The molecule has 1 atom stereocenters. The summed E-state index contributed by atoms with van der Waals surface area (Å²) in [5, 5.41) is 0.564. The third kappa shape index (κ3) is 4.31. The number of allylic oxidation sites excluding steroid dienone is 4. The van der Waals surface area contributed by atoms with Crippen LogP contribution in [0.4, 0.5) is 0 Å². The van der Waals surface area contributed by atoms with Crippen molar-refractivity contribution in [3.63, 3.8) is 0 Å². The van der Waals surface area contributed by atoms with E-state index in [9.17, 15) is 0 Å². The summed E-state index contributed by atoms with van der Waals surface area (Å²) in [6.45, 7) is 0. The second-order valence-electron chi connectivity index (χ2n) is 2.99. The van der Waals surface area contributed by atoms with E-state index >= 15 is 0 Å². The Morgan fingerprint density at radius 1 is 0.909 bits per heavy atom. The molecule has 1 rings (SSSR count). The van der Waals surface area contributed by atoms with Crippen molar-refractivity contribution in [2.75, 3.05) is 0 Å². The first-order valence-corrected chi connectivity index (χ1v) is 4.89. The lowest BCUT2D eigenvalue weighted by Crippen LogP contribution is -1.95. The van der Waals surface area contributed by atoms with Gasteiger partial charge in [0.2, 0.25) is 0 Å². The maximum Gasteiger partial charge on any atom is 0.00542 e. The number of hydrogen-bond donors (Lipinski definition) is 1. The Balaban J connectivity index is 2.34. The van der Waals surface area contributed by atoms with Crippen LogP contribution in [0.1, 0.15) is 32.1 Å². The van der Waals surface area contributed by atoms with Crippen molar-refractivity contribution in [3.05, 3.63) is 24.3 Å². The predicted octanol–water partition coefficient (Wildman–Crippen LogP) is 3.36. The third-order valence-corrected chi connectivity index (χ3v) is 2.38. The summed E-state index contributed by atoms with van der Waals surface area (Å²) < 4.78 is 0. The molecule has 0 aromatic heterocycles. The Kier molecular flexibility index (Phi) is 4.44. The van der Waals surface area contributed by atoms with Gasteiger partial charge < -0.3 is 0 Å². The largest absolute Gasteiger partial charge is 0.176 e. The van der Waals surface area contributed by atoms with Crippen molar-refractivity contribution < 1.29 is 0 Å². The van der Waals surface area contributed by atoms with Crippen LogP contribution in [0.2, 0.25) is 0 Å². The van der Waals surface area contributed by atoms with Gasteiger partial charge in [-0.3, -0.25) is 0 Å². The van der Waals surface area contributed by atoms with E-state index in [0.717, 1.165) is 6.42 Å². The highest BCUT2D eigenvalue weighted by atomic mass is 32.1. The summed E-state index contributed by atoms with van der Waals surface area (Å²) in [5.74, 6) is 0. The van der Waals surface area contributed by atoms with Crippen molar-refractivity contribution in [2.45, 2.75) is 37.4 Å². The average molecular weight is 168 g/mol. The minimum Gasteiger partial charge on any atom is -0.176 e. The van der Waals surface area contributed by atoms with Gasteiger partial charge in [-0.1, -0.05) is 24.3 Å². The summed E-state index contributed by atoms with van der Waals surface area (Å²) >= 11 is 4.48. The molecule has 0 spiro atoms. The van der Waals surface area contributed by atoms with Crippen LogP contribution >= 0.6 is 12.6 Å². The lowest BCUT2D eigenvalue weighted by Gasteiger charge is -2.05. The van der Waals surface area contributed by atoms with E-state index in [4.69, 9.17) is 0 Å². The monoisotopic (exact) mass is 168 g/mol. The quantitative estimate of drug-likeness (QED) is 0.416. The van der Waals surface area contributed by atoms with Gasteiger partial charge in [0.1, 0.15) is 0 Å². The summed E-state index contributed by atoms with van der Waals surface area (Å²) in [5.41, 5.74) is 0. The minimum absolute atomic E-state index is 0.564. The van der Waals surface area contributed by atoms with Crippen molar-refractivity contribution in [1.29, 1.82) is 0 Å². The van der Waals surface area contributed by atoms with Crippen LogP contribution in [0.5, 0.6) is 0 Å². The van der Waals surface area contributed by atoms with Gasteiger partial charge >= 0.3 is 0 Å². The molecule has 0 fully saturated rings. The normalized spacial score (nSPS) is 26.8. The fraction of sp³-hybridized carbons (Fsp3) is 0.600. The molecule has 0 nitrogen and oxygen atoms in total. The molecule has 0 amide bonds.